The largest absolute Gasteiger partial charge is 0.310 e. The van der Waals surface area contributed by atoms with E-state index in [9.17, 15) is 0 Å². The van der Waals surface area contributed by atoms with Crippen LogP contribution in [0.3, 0.4) is 0 Å². The lowest BCUT2D eigenvalue weighted by atomic mass is 9.64. The summed E-state index contributed by atoms with van der Waals surface area (Å²) in [5.41, 5.74) is 14.5. The Kier molecular flexibility index (Phi) is 5.41. The monoisotopic (exact) mass is 561 g/mol. The molecule has 1 aliphatic heterocycles. The van der Waals surface area contributed by atoms with E-state index in [1.54, 1.807) is 0 Å². The molecular weight excluding hydrogens is 534 g/mol. The van der Waals surface area contributed by atoms with Crippen molar-refractivity contribution < 1.29 is 0 Å². The molecule has 3 heteroatoms. The van der Waals surface area contributed by atoms with Crippen molar-refractivity contribution in [3.05, 3.63) is 186 Å². The minimum Gasteiger partial charge on any atom is -0.310 e. The molecule has 0 N–H and O–H groups in total. The van der Waals surface area contributed by atoms with Crippen LogP contribution in [0.1, 0.15) is 22.3 Å². The first kappa shape index (κ1) is 24.8. The first-order chi connectivity index (χ1) is 21.9. The van der Waals surface area contributed by atoms with Gasteiger partial charge in [-0.2, -0.15) is 0 Å². The third-order valence-electron chi connectivity index (χ3n) is 9.19. The SMILES string of the molecule is c1ccc(-c2ccc(-c3cccc4c3-c3ccccc3C43c4ccccc4N(c4ccccc4)c4ccccc43)nn2)cc1. The van der Waals surface area contributed by atoms with Crippen molar-refractivity contribution in [3.8, 4) is 33.6 Å². The van der Waals surface area contributed by atoms with Gasteiger partial charge < -0.3 is 4.90 Å². The number of hydrogen-bond donors (Lipinski definition) is 0. The van der Waals surface area contributed by atoms with Gasteiger partial charge in [0.1, 0.15) is 0 Å². The summed E-state index contributed by atoms with van der Waals surface area (Å²) in [4.78, 5) is 2.41. The molecule has 44 heavy (non-hydrogen) atoms. The molecule has 1 spiro atoms. The van der Waals surface area contributed by atoms with E-state index < -0.39 is 5.41 Å². The minimum atomic E-state index is -0.488. The smallest absolute Gasteiger partial charge is 0.0936 e. The van der Waals surface area contributed by atoms with Gasteiger partial charge in [-0.25, -0.2) is 0 Å². The van der Waals surface area contributed by atoms with E-state index in [-0.39, 0.29) is 0 Å². The van der Waals surface area contributed by atoms with Crippen molar-refractivity contribution in [3.63, 3.8) is 0 Å². The Morgan fingerprint density at radius 1 is 0.386 bits per heavy atom. The Balaban J connectivity index is 1.33. The third-order valence-corrected chi connectivity index (χ3v) is 9.19. The fourth-order valence-electron chi connectivity index (χ4n) is 7.46. The molecule has 0 atom stereocenters. The molecule has 2 heterocycles. The molecule has 1 aromatic heterocycles. The minimum absolute atomic E-state index is 0.488. The number of para-hydroxylation sites is 3. The summed E-state index contributed by atoms with van der Waals surface area (Å²) in [6, 6.07) is 58.5. The van der Waals surface area contributed by atoms with Gasteiger partial charge in [0.25, 0.3) is 0 Å². The van der Waals surface area contributed by atoms with Gasteiger partial charge in [0, 0.05) is 16.8 Å². The van der Waals surface area contributed by atoms with Crippen LogP contribution in [0.15, 0.2) is 164 Å². The van der Waals surface area contributed by atoms with E-state index in [1.807, 2.05) is 18.2 Å². The molecule has 0 fully saturated rings. The number of nitrogens with zero attached hydrogens (tertiary/aromatic N) is 3. The van der Waals surface area contributed by atoms with Crippen LogP contribution in [0.25, 0.3) is 33.6 Å². The summed E-state index contributed by atoms with van der Waals surface area (Å²) >= 11 is 0. The molecule has 1 aliphatic carbocycles. The first-order valence-corrected chi connectivity index (χ1v) is 15.0. The van der Waals surface area contributed by atoms with Crippen molar-refractivity contribution in [1.29, 1.82) is 0 Å². The van der Waals surface area contributed by atoms with Crippen molar-refractivity contribution in [2.45, 2.75) is 5.41 Å². The lowest BCUT2D eigenvalue weighted by Gasteiger charge is -2.45. The molecule has 0 unspecified atom stereocenters. The molecule has 0 radical (unpaired) electrons. The summed E-state index contributed by atoms with van der Waals surface area (Å²) in [5, 5.41) is 9.46. The molecule has 206 valence electrons. The molecule has 3 nitrogen and oxygen atoms in total. The van der Waals surface area contributed by atoms with Crippen LogP contribution in [0.2, 0.25) is 0 Å². The fourth-order valence-corrected chi connectivity index (χ4v) is 7.46. The molecular formula is C41H27N3. The zero-order chi connectivity index (χ0) is 29.1. The highest BCUT2D eigenvalue weighted by Crippen LogP contribution is 2.64. The predicted molar refractivity (Wildman–Crippen MR) is 178 cm³/mol. The molecule has 0 bridgehead atoms. The van der Waals surface area contributed by atoms with E-state index >= 15 is 0 Å². The van der Waals surface area contributed by atoms with Gasteiger partial charge in [-0.15, -0.1) is 10.2 Å². The summed E-state index contributed by atoms with van der Waals surface area (Å²) in [7, 11) is 0. The molecule has 0 amide bonds. The van der Waals surface area contributed by atoms with Crippen molar-refractivity contribution in [1.82, 2.24) is 10.2 Å². The number of benzene rings is 6. The quantitative estimate of drug-likeness (QED) is 0.215. The maximum Gasteiger partial charge on any atom is 0.0936 e. The summed E-state index contributed by atoms with van der Waals surface area (Å²) in [6.07, 6.45) is 0. The highest BCUT2D eigenvalue weighted by molar-refractivity contribution is 5.99. The van der Waals surface area contributed by atoms with Crippen LogP contribution in [0, 0.1) is 0 Å². The summed E-state index contributed by atoms with van der Waals surface area (Å²) < 4.78 is 0. The molecule has 6 aromatic carbocycles. The second-order valence-electron chi connectivity index (χ2n) is 11.4. The lowest BCUT2D eigenvalue weighted by molar-refractivity contribution is 0.752. The zero-order valence-corrected chi connectivity index (χ0v) is 23.9. The topological polar surface area (TPSA) is 29.0 Å². The Hall–Kier alpha value is -5.80. The van der Waals surface area contributed by atoms with Gasteiger partial charge in [-0.1, -0.05) is 127 Å². The number of hydrogen-bond acceptors (Lipinski definition) is 3. The van der Waals surface area contributed by atoms with E-state index in [1.165, 1.54) is 44.8 Å². The number of rotatable bonds is 3. The van der Waals surface area contributed by atoms with E-state index in [2.05, 4.69) is 156 Å². The van der Waals surface area contributed by atoms with Crippen LogP contribution in [0.5, 0.6) is 0 Å². The Labute approximate surface area is 256 Å². The lowest BCUT2D eigenvalue weighted by Crippen LogP contribution is -2.36. The number of aromatic nitrogens is 2. The fraction of sp³-hybridized carbons (Fsp3) is 0.0244. The number of anilines is 3. The maximum atomic E-state index is 4.79. The molecule has 2 aliphatic rings. The molecule has 9 rings (SSSR count). The normalized spacial score (nSPS) is 13.6. The van der Waals surface area contributed by atoms with Crippen molar-refractivity contribution >= 4 is 17.1 Å². The Bertz CT molecular complexity index is 2120. The first-order valence-electron chi connectivity index (χ1n) is 15.0. The number of fused-ring (bicyclic) bond motifs is 9. The van der Waals surface area contributed by atoms with E-state index in [4.69, 9.17) is 5.10 Å². The van der Waals surface area contributed by atoms with Gasteiger partial charge in [-0.3, -0.25) is 0 Å². The highest BCUT2D eigenvalue weighted by atomic mass is 15.2. The van der Waals surface area contributed by atoms with Crippen LogP contribution in [-0.2, 0) is 5.41 Å². The highest BCUT2D eigenvalue weighted by Gasteiger charge is 2.52. The van der Waals surface area contributed by atoms with Crippen LogP contribution in [0.4, 0.5) is 17.1 Å². The Morgan fingerprint density at radius 2 is 0.909 bits per heavy atom. The van der Waals surface area contributed by atoms with E-state index in [0.717, 1.165) is 28.2 Å². The molecule has 0 saturated carbocycles. The van der Waals surface area contributed by atoms with Crippen molar-refractivity contribution in [2.75, 3.05) is 4.90 Å². The summed E-state index contributed by atoms with van der Waals surface area (Å²) in [5.74, 6) is 0. The van der Waals surface area contributed by atoms with Gasteiger partial charge in [0.15, 0.2) is 0 Å². The average Bonchev–Trinajstić information content (AvgIpc) is 3.40. The van der Waals surface area contributed by atoms with Crippen molar-refractivity contribution in [2.24, 2.45) is 0 Å². The van der Waals surface area contributed by atoms with Crippen LogP contribution in [-0.4, -0.2) is 10.2 Å². The summed E-state index contributed by atoms with van der Waals surface area (Å²) in [6.45, 7) is 0. The third kappa shape index (κ3) is 3.38. The predicted octanol–water partition coefficient (Wildman–Crippen LogP) is 9.96. The molecule has 7 aromatic rings. The standard InChI is InChI=1S/C41H27N3/c1-3-14-28(15-4-1)36-26-27-37(43-42-36)31-19-13-23-35-40(31)30-18-7-8-20-32(30)41(35)33-21-9-11-24-38(33)44(29-16-5-2-6-17-29)39-25-12-10-22-34(39)41/h1-27H. The second kappa shape index (κ2) is 9.62. The van der Waals surface area contributed by atoms with Crippen LogP contribution >= 0.6 is 0 Å². The van der Waals surface area contributed by atoms with Gasteiger partial charge in [0.05, 0.1) is 28.2 Å². The average molecular weight is 562 g/mol. The zero-order valence-electron chi connectivity index (χ0n) is 23.9. The molecule has 0 saturated heterocycles. The van der Waals surface area contributed by atoms with E-state index in [0.29, 0.717) is 0 Å². The second-order valence-corrected chi connectivity index (χ2v) is 11.4. The van der Waals surface area contributed by atoms with Gasteiger partial charge in [-0.05, 0) is 69.8 Å². The van der Waals surface area contributed by atoms with Crippen LogP contribution < -0.4 is 4.90 Å². The maximum absolute atomic E-state index is 4.79. The van der Waals surface area contributed by atoms with Gasteiger partial charge >= 0.3 is 0 Å². The van der Waals surface area contributed by atoms with Gasteiger partial charge in [0.2, 0.25) is 0 Å². The Morgan fingerprint density at radius 3 is 1.59 bits per heavy atom.